The summed E-state index contributed by atoms with van der Waals surface area (Å²) in [7, 11) is 0. The maximum Gasteiger partial charge on any atom is 0.417 e. The Kier molecular flexibility index (Phi) is 9.23. The normalized spacial score (nSPS) is 16.7. The number of aromatic amines is 2. The molecule has 51 heavy (non-hydrogen) atoms. The number of alkyl halides is 12. The lowest BCUT2D eigenvalue weighted by Gasteiger charge is -2.33. The summed E-state index contributed by atoms with van der Waals surface area (Å²) in [6, 6.07) is 4.35. The smallest absolute Gasteiger partial charge is 0.417 e. The average molecular weight is 763 g/mol. The van der Waals surface area contributed by atoms with Crippen LogP contribution < -0.4 is 30.4 Å². The first kappa shape index (κ1) is 37.2. The molecule has 0 bridgehead atoms. The lowest BCUT2D eigenvalue weighted by molar-refractivity contribution is -0.137. The van der Waals surface area contributed by atoms with Crippen molar-refractivity contribution in [1.82, 2.24) is 9.97 Å². The minimum absolute atomic E-state index is 0.0969. The Bertz CT molecular complexity index is 2170. The molecule has 0 radical (unpaired) electrons. The molecule has 1 amide bonds. The van der Waals surface area contributed by atoms with E-state index < -0.39 is 88.5 Å². The van der Waals surface area contributed by atoms with Crippen molar-refractivity contribution < 1.29 is 67.0 Å². The second-order valence-electron chi connectivity index (χ2n) is 11.0. The number of thiocarbonyl (C=S) groups is 1. The molecule has 1 atom stereocenters. The number of benzene rings is 2. The number of ether oxygens (including phenoxy) is 2. The second-order valence-corrected chi connectivity index (χ2v) is 11.5. The number of carbonyl (C=O) groups excluding carboxylic acids is 1. The summed E-state index contributed by atoms with van der Waals surface area (Å²) in [6.45, 7) is -2.25. The Balaban J connectivity index is 0.000000198. The van der Waals surface area contributed by atoms with E-state index in [9.17, 15) is 67.1 Å². The molecule has 0 aliphatic carbocycles. The SMILES string of the molecule is CC1Oc2cc3[nH]c(=O)cc(C(F)(F)F)c3cc2N(CC(F)(F)F)C1=O.O=c1cc(C(F)(F)F)c2cc3c(cc2[nH]1)OCC(=S)N3CC(F)(F)F. The second kappa shape index (κ2) is 12.6. The lowest BCUT2D eigenvalue weighted by atomic mass is 10.1. The standard InChI is InChI=1S/C15H10F6N2O3.C14H8F6N2O2S/c1-6-13(25)23(5-14(16,17)18)10-2-7-8(15(19,20)21)3-12(24)22-9(7)4-11(10)26-6;15-13(16,17)5-22-9-1-6-7(14(18,19)20)2-11(23)21-8(6)3-10(9)24-4-12(22)25/h2-4,6H,5H2,1H3,(H,22,24);1-3H,4-5H2,(H,21,23). The van der Waals surface area contributed by atoms with Gasteiger partial charge in [0.15, 0.2) is 6.10 Å². The minimum Gasteiger partial charge on any atom is -0.484 e. The number of H-pyrrole nitrogens is 2. The number of carbonyl (C=O) groups is 1. The zero-order valence-electron chi connectivity index (χ0n) is 25.0. The molecule has 0 spiro atoms. The van der Waals surface area contributed by atoms with Gasteiger partial charge in [-0.15, -0.1) is 0 Å². The number of pyridine rings is 2. The van der Waals surface area contributed by atoms with Crippen molar-refractivity contribution in [1.29, 1.82) is 0 Å². The van der Waals surface area contributed by atoms with Crippen LogP contribution in [-0.4, -0.2) is 59.0 Å². The molecule has 4 aromatic rings. The molecule has 1 unspecified atom stereocenters. The maximum atomic E-state index is 13.2. The minimum atomic E-state index is -4.91. The third-order valence-corrected chi connectivity index (χ3v) is 7.62. The van der Waals surface area contributed by atoms with Crippen LogP contribution in [0.25, 0.3) is 21.8 Å². The van der Waals surface area contributed by atoms with Crippen LogP contribution in [0.3, 0.4) is 0 Å². The fourth-order valence-corrected chi connectivity index (χ4v) is 5.49. The van der Waals surface area contributed by atoms with Crippen LogP contribution in [0.4, 0.5) is 64.1 Å². The summed E-state index contributed by atoms with van der Waals surface area (Å²) in [5.41, 5.74) is -5.74. The van der Waals surface area contributed by atoms with Crippen LogP contribution in [-0.2, 0) is 17.1 Å². The maximum absolute atomic E-state index is 13.2. The average Bonchev–Trinajstić information content (AvgIpc) is 2.97. The van der Waals surface area contributed by atoms with E-state index in [1.54, 1.807) is 0 Å². The summed E-state index contributed by atoms with van der Waals surface area (Å²) in [4.78, 5) is 40.2. The number of aromatic nitrogens is 2. The van der Waals surface area contributed by atoms with Crippen LogP contribution >= 0.6 is 12.2 Å². The van der Waals surface area contributed by atoms with E-state index in [0.29, 0.717) is 21.9 Å². The van der Waals surface area contributed by atoms with Crippen molar-refractivity contribution in [2.24, 2.45) is 0 Å². The third-order valence-electron chi connectivity index (χ3n) is 7.28. The number of amides is 1. The largest absolute Gasteiger partial charge is 0.484 e. The Morgan fingerprint density at radius 2 is 1.12 bits per heavy atom. The van der Waals surface area contributed by atoms with E-state index in [2.05, 4.69) is 9.97 Å². The number of nitrogens with one attached hydrogen (secondary N) is 2. The molecule has 22 heteroatoms. The Morgan fingerprint density at radius 3 is 1.57 bits per heavy atom. The van der Waals surface area contributed by atoms with Crippen LogP contribution in [0.5, 0.6) is 11.5 Å². The highest BCUT2D eigenvalue weighted by atomic mass is 32.1. The zero-order chi connectivity index (χ0) is 38.0. The molecule has 2 aromatic carbocycles. The van der Waals surface area contributed by atoms with Crippen LogP contribution in [0.1, 0.15) is 18.1 Å². The van der Waals surface area contributed by atoms with Gasteiger partial charge in [0.05, 0.1) is 33.5 Å². The first-order chi connectivity index (χ1) is 23.3. The van der Waals surface area contributed by atoms with Crippen LogP contribution in [0, 0.1) is 0 Å². The van der Waals surface area contributed by atoms with Gasteiger partial charge in [-0.05, 0) is 19.1 Å². The summed E-state index contributed by atoms with van der Waals surface area (Å²) in [6.07, 6.45) is -20.4. The predicted molar refractivity (Wildman–Crippen MR) is 159 cm³/mol. The Labute approximate surface area is 280 Å². The summed E-state index contributed by atoms with van der Waals surface area (Å²) >= 11 is 4.84. The number of hydrogen-bond acceptors (Lipinski definition) is 6. The van der Waals surface area contributed by atoms with Crippen molar-refractivity contribution in [3.05, 3.63) is 68.2 Å². The van der Waals surface area contributed by atoms with Crippen molar-refractivity contribution in [3.8, 4) is 11.5 Å². The summed E-state index contributed by atoms with van der Waals surface area (Å²) in [5, 5.41) is -1.000. The van der Waals surface area contributed by atoms with Gasteiger partial charge >= 0.3 is 24.7 Å². The van der Waals surface area contributed by atoms with Crippen molar-refractivity contribution in [2.75, 3.05) is 29.5 Å². The fourth-order valence-electron chi connectivity index (χ4n) is 5.27. The van der Waals surface area contributed by atoms with Gasteiger partial charge in [0.25, 0.3) is 5.91 Å². The Hall–Kier alpha value is -5.02. The molecule has 0 fully saturated rings. The molecule has 2 aliphatic rings. The van der Waals surface area contributed by atoms with E-state index in [1.165, 1.54) is 6.92 Å². The molecule has 0 saturated heterocycles. The van der Waals surface area contributed by atoms with Crippen LogP contribution in [0.2, 0.25) is 0 Å². The van der Waals surface area contributed by atoms with Gasteiger partial charge in [-0.2, -0.15) is 52.7 Å². The number of hydrogen-bond donors (Lipinski definition) is 2. The van der Waals surface area contributed by atoms with E-state index in [-0.39, 0.29) is 39.8 Å². The van der Waals surface area contributed by atoms with E-state index in [4.69, 9.17) is 21.7 Å². The number of rotatable bonds is 2. The highest BCUT2D eigenvalue weighted by Crippen LogP contribution is 2.43. The summed E-state index contributed by atoms with van der Waals surface area (Å²) < 4.78 is 166. The number of nitrogens with zero attached hydrogens (tertiary/aromatic N) is 2. The summed E-state index contributed by atoms with van der Waals surface area (Å²) in [5.74, 6) is -1.36. The van der Waals surface area contributed by atoms with E-state index >= 15 is 0 Å². The predicted octanol–water partition coefficient (Wildman–Crippen LogP) is 6.86. The van der Waals surface area contributed by atoms with Gasteiger partial charge < -0.3 is 24.3 Å². The topological polar surface area (TPSA) is 108 Å². The van der Waals surface area contributed by atoms with Gasteiger partial charge in [0, 0.05) is 35.0 Å². The van der Waals surface area contributed by atoms with Crippen molar-refractivity contribution in [3.63, 3.8) is 0 Å². The highest BCUT2D eigenvalue weighted by Gasteiger charge is 2.42. The first-order valence-corrected chi connectivity index (χ1v) is 14.3. The van der Waals surface area contributed by atoms with Crippen molar-refractivity contribution >= 4 is 56.3 Å². The number of halogens is 12. The monoisotopic (exact) mass is 762 g/mol. The molecule has 4 heterocycles. The molecule has 0 saturated carbocycles. The van der Waals surface area contributed by atoms with E-state index in [0.717, 1.165) is 24.3 Å². The number of anilines is 2. The zero-order valence-corrected chi connectivity index (χ0v) is 25.9. The van der Waals surface area contributed by atoms with Crippen molar-refractivity contribution in [2.45, 2.75) is 37.7 Å². The first-order valence-electron chi connectivity index (χ1n) is 13.9. The third kappa shape index (κ3) is 7.99. The van der Waals surface area contributed by atoms with Crippen LogP contribution in [0.15, 0.2) is 46.0 Å². The van der Waals surface area contributed by atoms with E-state index in [1.807, 2.05) is 0 Å². The quantitative estimate of drug-likeness (QED) is 0.170. The molecule has 2 N–H and O–H groups in total. The highest BCUT2D eigenvalue weighted by molar-refractivity contribution is 7.80. The molecule has 9 nitrogen and oxygen atoms in total. The molecule has 6 rings (SSSR count). The molecule has 274 valence electrons. The lowest BCUT2D eigenvalue weighted by Crippen LogP contribution is -2.48. The fraction of sp³-hybridized carbons (Fsp3) is 0.310. The van der Waals surface area contributed by atoms with Gasteiger partial charge in [0.2, 0.25) is 11.1 Å². The molecule has 2 aliphatic heterocycles. The Morgan fingerprint density at radius 1 is 0.686 bits per heavy atom. The van der Waals surface area contributed by atoms with Gasteiger partial charge in [-0.1, -0.05) is 12.2 Å². The van der Waals surface area contributed by atoms with Gasteiger partial charge in [0.1, 0.15) is 36.2 Å². The van der Waals surface area contributed by atoms with Gasteiger partial charge in [-0.3, -0.25) is 19.3 Å². The van der Waals surface area contributed by atoms with Gasteiger partial charge in [-0.25, -0.2) is 0 Å². The molecular formula is C29H18F12N4O5S. The molecule has 2 aromatic heterocycles. The molecular weight excluding hydrogens is 744 g/mol. The number of fused-ring (bicyclic) bond motifs is 4.